The average Bonchev–Trinajstić information content (AvgIpc) is 2.95. The number of carbonyl (C=O) groups excluding carboxylic acids is 1. The molecule has 0 radical (unpaired) electrons. The van der Waals surface area contributed by atoms with Crippen LogP contribution in [0, 0.1) is 6.92 Å². The van der Waals surface area contributed by atoms with Gasteiger partial charge in [-0.2, -0.15) is 15.0 Å². The summed E-state index contributed by atoms with van der Waals surface area (Å²) < 4.78 is 5.27. The smallest absolute Gasteiger partial charge is 0.336 e. The number of carbonyl (C=O) groups is 1. The minimum absolute atomic E-state index is 0.0379. The zero-order valence-electron chi connectivity index (χ0n) is 24.8. The summed E-state index contributed by atoms with van der Waals surface area (Å²) in [6.07, 6.45) is 1.40. The molecule has 0 bridgehead atoms. The minimum Gasteiger partial charge on any atom is -0.507 e. The number of phenolic OH excluding ortho intramolecular Hbond substituents is 1. The van der Waals surface area contributed by atoms with Crippen LogP contribution in [0.15, 0.2) is 51.7 Å². The number of fused-ring (bicyclic) bond motifs is 1. The second kappa shape index (κ2) is 12.3. The molecule has 15 heteroatoms. The van der Waals surface area contributed by atoms with Gasteiger partial charge in [0.1, 0.15) is 11.3 Å². The summed E-state index contributed by atoms with van der Waals surface area (Å²) in [7, 11) is 0. The third-order valence-electron chi connectivity index (χ3n) is 7.92. The topological polar surface area (TPSA) is 241 Å². The Hall–Kier alpha value is -4.83. The highest BCUT2D eigenvalue weighted by atomic mass is 16.4. The van der Waals surface area contributed by atoms with Gasteiger partial charge in [0.25, 0.3) is 5.91 Å². The number of nitrogens with zero attached hydrogens (tertiary/aromatic N) is 5. The summed E-state index contributed by atoms with van der Waals surface area (Å²) in [5, 5.41) is 17.4. The predicted molar refractivity (Wildman–Crippen MR) is 172 cm³/mol. The summed E-state index contributed by atoms with van der Waals surface area (Å²) in [4.78, 5) is 42.7. The molecule has 0 aliphatic carbocycles. The highest BCUT2D eigenvalue weighted by molar-refractivity contribution is 6.07. The molecule has 0 unspecified atom stereocenters. The predicted octanol–water partition coefficient (Wildman–Crippen LogP) is 0.717. The number of aryl methyl sites for hydroxylation is 1. The van der Waals surface area contributed by atoms with Gasteiger partial charge in [0, 0.05) is 85.3 Å². The van der Waals surface area contributed by atoms with Crippen LogP contribution in [-0.4, -0.2) is 76.3 Å². The number of anilines is 5. The molecule has 2 saturated heterocycles. The minimum atomic E-state index is -0.548. The molecule has 2 aromatic heterocycles. The molecule has 6 rings (SSSR count). The fraction of sp³-hybridized carbons (Fsp3) is 0.367. The van der Waals surface area contributed by atoms with Crippen LogP contribution in [0.5, 0.6) is 5.75 Å². The Morgan fingerprint density at radius 1 is 0.844 bits per heavy atom. The van der Waals surface area contributed by atoms with E-state index < -0.39 is 11.5 Å². The summed E-state index contributed by atoms with van der Waals surface area (Å²) in [6, 6.07) is 10.4. The number of aromatic hydroxyl groups is 1. The first-order valence-electron chi connectivity index (χ1n) is 14.7. The molecule has 1 amide bonds. The van der Waals surface area contributed by atoms with Crippen LogP contribution in [0.2, 0.25) is 0 Å². The maximum atomic E-state index is 13.1. The molecule has 4 heterocycles. The highest BCUT2D eigenvalue weighted by Gasteiger charge is 2.29. The Morgan fingerprint density at radius 3 is 2.00 bits per heavy atom. The normalized spacial score (nSPS) is 22.0. The van der Waals surface area contributed by atoms with Gasteiger partial charge in [0.05, 0.1) is 5.56 Å². The third-order valence-corrected chi connectivity index (χ3v) is 7.92. The van der Waals surface area contributed by atoms with Gasteiger partial charge < -0.3 is 52.9 Å². The largest absolute Gasteiger partial charge is 0.507 e. The van der Waals surface area contributed by atoms with E-state index in [0.717, 1.165) is 10.9 Å². The zero-order chi connectivity index (χ0) is 31.8. The van der Waals surface area contributed by atoms with Crippen LogP contribution >= 0.6 is 0 Å². The van der Waals surface area contributed by atoms with Crippen LogP contribution in [-0.2, 0) is 0 Å². The Labute approximate surface area is 258 Å². The number of nitrogens with two attached hydrogens (primary N) is 4. The van der Waals surface area contributed by atoms with Crippen LogP contribution in [0.3, 0.4) is 0 Å². The maximum Gasteiger partial charge on any atom is 0.336 e. The molecule has 2 aliphatic rings. The van der Waals surface area contributed by atoms with E-state index in [9.17, 15) is 14.7 Å². The van der Waals surface area contributed by atoms with Crippen molar-refractivity contribution in [2.24, 2.45) is 22.9 Å². The molecular weight excluding hydrogens is 578 g/mol. The van der Waals surface area contributed by atoms with E-state index >= 15 is 0 Å². The lowest BCUT2D eigenvalue weighted by Crippen LogP contribution is -2.54. The van der Waals surface area contributed by atoms with Crippen LogP contribution in [0.1, 0.15) is 28.8 Å². The van der Waals surface area contributed by atoms with Crippen molar-refractivity contribution in [3.8, 4) is 5.75 Å². The number of hydrogen-bond donors (Lipinski definition) is 7. The molecule has 0 spiro atoms. The molecule has 2 aliphatic heterocycles. The molecule has 0 saturated carbocycles. The second-order valence-electron chi connectivity index (χ2n) is 11.9. The molecule has 236 valence electrons. The Balaban J connectivity index is 1.24. The van der Waals surface area contributed by atoms with E-state index in [-0.39, 0.29) is 41.4 Å². The van der Waals surface area contributed by atoms with Crippen molar-refractivity contribution in [3.63, 3.8) is 0 Å². The van der Waals surface area contributed by atoms with Crippen LogP contribution in [0.4, 0.5) is 29.2 Å². The van der Waals surface area contributed by atoms with Crippen LogP contribution in [0.25, 0.3) is 11.0 Å². The molecule has 4 atom stereocenters. The van der Waals surface area contributed by atoms with Crippen molar-refractivity contribution in [1.82, 2.24) is 15.0 Å². The fourth-order valence-electron chi connectivity index (χ4n) is 5.91. The van der Waals surface area contributed by atoms with E-state index in [1.54, 1.807) is 31.2 Å². The lowest BCUT2D eigenvalue weighted by molar-refractivity contribution is 0.102. The molecule has 11 N–H and O–H groups in total. The monoisotopic (exact) mass is 615 g/mol. The first kappa shape index (κ1) is 30.2. The molecular formula is C30H37N11O4. The summed E-state index contributed by atoms with van der Waals surface area (Å²) in [5.41, 5.74) is 26.5. The van der Waals surface area contributed by atoms with E-state index in [4.69, 9.17) is 32.3 Å². The summed E-state index contributed by atoms with van der Waals surface area (Å²) >= 11 is 0. The molecule has 2 aromatic carbocycles. The Morgan fingerprint density at radius 2 is 1.42 bits per heavy atom. The number of hydrogen-bond acceptors (Lipinski definition) is 14. The van der Waals surface area contributed by atoms with E-state index in [1.165, 1.54) is 18.2 Å². The SMILES string of the molecule is Cc1cc(=O)oc2cc(NC(=O)c3ccc(Nc4nc(N5C[C@H](N)C[C@@H](N)C5)nc(N5C[C@H](N)C[C@@H](N)C5)n4)cc3O)ccc12. The van der Waals surface area contributed by atoms with Gasteiger partial charge in [-0.15, -0.1) is 0 Å². The Bertz CT molecular complexity index is 1730. The van der Waals surface area contributed by atoms with Gasteiger partial charge in [0.2, 0.25) is 17.8 Å². The number of nitrogens with one attached hydrogen (secondary N) is 2. The van der Waals surface area contributed by atoms with Gasteiger partial charge in [-0.05, 0) is 49.6 Å². The summed E-state index contributed by atoms with van der Waals surface area (Å²) in [5.74, 6) is 0.217. The van der Waals surface area contributed by atoms with Crippen molar-refractivity contribution >= 4 is 46.1 Å². The van der Waals surface area contributed by atoms with Crippen LogP contribution < -0.4 is 49.0 Å². The zero-order valence-corrected chi connectivity index (χ0v) is 24.8. The van der Waals surface area contributed by atoms with E-state index in [0.29, 0.717) is 67.9 Å². The first-order valence-corrected chi connectivity index (χ1v) is 14.7. The average molecular weight is 616 g/mol. The van der Waals surface area contributed by atoms with Crippen molar-refractivity contribution < 1.29 is 14.3 Å². The highest BCUT2D eigenvalue weighted by Crippen LogP contribution is 2.28. The first-order chi connectivity index (χ1) is 21.5. The van der Waals surface area contributed by atoms with Crippen molar-refractivity contribution in [2.45, 2.75) is 43.9 Å². The molecule has 15 nitrogen and oxygen atoms in total. The van der Waals surface area contributed by atoms with Gasteiger partial charge in [-0.1, -0.05) is 0 Å². The third kappa shape index (κ3) is 6.81. The van der Waals surface area contributed by atoms with Gasteiger partial charge >= 0.3 is 5.63 Å². The van der Waals surface area contributed by atoms with Crippen molar-refractivity contribution in [1.29, 1.82) is 0 Å². The van der Waals surface area contributed by atoms with Crippen molar-refractivity contribution in [2.75, 3.05) is 46.6 Å². The number of phenols is 1. The lowest BCUT2D eigenvalue weighted by atomic mass is 10.0. The number of amides is 1. The second-order valence-corrected chi connectivity index (χ2v) is 11.9. The quantitative estimate of drug-likeness (QED) is 0.148. The Kier molecular flexibility index (Phi) is 8.24. The fourth-order valence-corrected chi connectivity index (χ4v) is 5.91. The van der Waals surface area contributed by atoms with Gasteiger partial charge in [-0.25, -0.2) is 4.79 Å². The maximum absolute atomic E-state index is 13.1. The number of benzene rings is 2. The standard InChI is InChI=1S/C30H37N11O4/c1-15-6-26(43)45-25-10-21(2-4-22(15)25)35-27(44)23-5-3-20(9-24(23)42)36-28-37-29(40-11-16(31)7-17(32)12-40)39-30(38-28)41-13-18(33)8-19(34)14-41/h2-6,9-10,16-19,42H,7-8,11-14,31-34H2,1H3,(H,35,44)(H,36,37,38,39)/t16-,17-,18-,19-/m1/s1. The van der Waals surface area contributed by atoms with Gasteiger partial charge in [-0.3, -0.25) is 4.79 Å². The summed E-state index contributed by atoms with van der Waals surface area (Å²) in [6.45, 7) is 3.93. The van der Waals surface area contributed by atoms with E-state index in [2.05, 4.69) is 20.6 Å². The molecule has 45 heavy (non-hydrogen) atoms. The molecule has 4 aromatic rings. The van der Waals surface area contributed by atoms with Gasteiger partial charge in [0.15, 0.2) is 0 Å². The molecule has 2 fully saturated rings. The lowest BCUT2D eigenvalue weighted by Gasteiger charge is -2.37. The van der Waals surface area contributed by atoms with E-state index in [1.807, 2.05) is 9.80 Å². The van der Waals surface area contributed by atoms with Crippen molar-refractivity contribution in [3.05, 3.63) is 64.0 Å². The number of piperidine rings is 2. The number of rotatable bonds is 6. The number of aromatic nitrogens is 3.